The summed E-state index contributed by atoms with van der Waals surface area (Å²) in [7, 11) is 1.64. The number of aromatic nitrogens is 2. The molecule has 1 amide bonds. The van der Waals surface area contributed by atoms with E-state index in [0.29, 0.717) is 17.9 Å². The molecular formula is C28H29N3O2. The van der Waals surface area contributed by atoms with Crippen LogP contribution >= 0.6 is 0 Å². The summed E-state index contributed by atoms with van der Waals surface area (Å²) in [6.07, 6.45) is 0.791. The van der Waals surface area contributed by atoms with Gasteiger partial charge in [-0.3, -0.25) is 4.79 Å². The van der Waals surface area contributed by atoms with E-state index in [1.807, 2.05) is 96.4 Å². The SMILES string of the molecule is CC[C@@H](NC(=O)c1c(-c2ccc(OC)cc2)nc(-c2ccccc2)n1CC)c1ccccc1. The zero-order chi connectivity index (χ0) is 23.2. The predicted octanol–water partition coefficient (Wildman–Crippen LogP) is 6.13. The van der Waals surface area contributed by atoms with Gasteiger partial charge in [-0.2, -0.15) is 0 Å². The fourth-order valence-electron chi connectivity index (χ4n) is 4.08. The number of hydrogen-bond acceptors (Lipinski definition) is 3. The van der Waals surface area contributed by atoms with Crippen molar-refractivity contribution in [2.24, 2.45) is 0 Å². The van der Waals surface area contributed by atoms with Gasteiger partial charge in [-0.1, -0.05) is 67.6 Å². The summed E-state index contributed by atoms with van der Waals surface area (Å²) in [5.74, 6) is 1.41. The highest BCUT2D eigenvalue weighted by Crippen LogP contribution is 2.31. The standard InChI is InChI=1S/C28H29N3O2/c1-4-24(20-12-8-6-9-13-20)29-28(32)26-25(21-16-18-23(33-3)19-17-21)30-27(31(26)5-2)22-14-10-7-11-15-22/h6-19,24H,4-5H2,1-3H3,(H,29,32)/t24-/m1/s1. The second-order valence-electron chi connectivity index (χ2n) is 7.82. The zero-order valence-corrected chi connectivity index (χ0v) is 19.3. The lowest BCUT2D eigenvalue weighted by atomic mass is 10.0. The van der Waals surface area contributed by atoms with Crippen molar-refractivity contribution in [3.63, 3.8) is 0 Å². The lowest BCUT2D eigenvalue weighted by Crippen LogP contribution is -2.30. The quantitative estimate of drug-likeness (QED) is 0.359. The summed E-state index contributed by atoms with van der Waals surface area (Å²) < 4.78 is 7.32. The van der Waals surface area contributed by atoms with E-state index in [-0.39, 0.29) is 11.9 Å². The van der Waals surface area contributed by atoms with Gasteiger partial charge >= 0.3 is 0 Å². The molecule has 0 radical (unpaired) electrons. The monoisotopic (exact) mass is 439 g/mol. The van der Waals surface area contributed by atoms with E-state index < -0.39 is 0 Å². The molecule has 0 saturated carbocycles. The highest BCUT2D eigenvalue weighted by atomic mass is 16.5. The lowest BCUT2D eigenvalue weighted by molar-refractivity contribution is 0.0927. The molecule has 5 nitrogen and oxygen atoms in total. The minimum Gasteiger partial charge on any atom is -0.497 e. The number of benzene rings is 3. The van der Waals surface area contributed by atoms with Crippen LogP contribution < -0.4 is 10.1 Å². The fourth-order valence-corrected chi connectivity index (χ4v) is 4.08. The highest BCUT2D eigenvalue weighted by Gasteiger charge is 2.26. The Kier molecular flexibility index (Phi) is 6.89. The smallest absolute Gasteiger partial charge is 0.270 e. The molecule has 1 atom stereocenters. The van der Waals surface area contributed by atoms with Crippen molar-refractivity contribution < 1.29 is 9.53 Å². The molecule has 1 N–H and O–H groups in total. The topological polar surface area (TPSA) is 56.1 Å². The van der Waals surface area contributed by atoms with E-state index in [1.165, 1.54) is 0 Å². The summed E-state index contributed by atoms with van der Waals surface area (Å²) in [6, 6.07) is 27.7. The second-order valence-corrected chi connectivity index (χ2v) is 7.82. The van der Waals surface area contributed by atoms with E-state index >= 15 is 0 Å². The normalized spacial score (nSPS) is 11.7. The molecule has 33 heavy (non-hydrogen) atoms. The molecule has 168 valence electrons. The molecule has 0 aliphatic heterocycles. The van der Waals surface area contributed by atoms with Gasteiger partial charge in [0.2, 0.25) is 0 Å². The number of hydrogen-bond donors (Lipinski definition) is 1. The van der Waals surface area contributed by atoms with E-state index in [4.69, 9.17) is 9.72 Å². The molecule has 4 aromatic rings. The molecule has 0 aliphatic carbocycles. The van der Waals surface area contributed by atoms with Crippen LogP contribution in [0.4, 0.5) is 0 Å². The number of carbonyl (C=O) groups is 1. The maximum atomic E-state index is 13.7. The number of nitrogens with zero attached hydrogens (tertiary/aromatic N) is 2. The number of nitrogens with one attached hydrogen (secondary N) is 1. The first kappa shape index (κ1) is 22.3. The first-order chi connectivity index (χ1) is 16.2. The summed E-state index contributed by atoms with van der Waals surface area (Å²) in [6.45, 7) is 4.74. The van der Waals surface area contributed by atoms with Crippen LogP contribution in [-0.4, -0.2) is 22.6 Å². The third-order valence-electron chi connectivity index (χ3n) is 5.81. The van der Waals surface area contributed by atoms with Gasteiger partial charge in [-0.05, 0) is 43.2 Å². The van der Waals surface area contributed by atoms with E-state index in [2.05, 4.69) is 12.2 Å². The third kappa shape index (κ3) is 4.67. The number of ether oxygens (including phenoxy) is 1. The molecule has 0 bridgehead atoms. The first-order valence-corrected chi connectivity index (χ1v) is 11.3. The van der Waals surface area contributed by atoms with Crippen LogP contribution in [0, 0.1) is 0 Å². The minimum atomic E-state index is -0.131. The molecule has 0 aliphatic rings. The maximum absolute atomic E-state index is 13.7. The Hall–Kier alpha value is -3.86. The van der Waals surface area contributed by atoms with Crippen LogP contribution in [0.3, 0.4) is 0 Å². The molecule has 0 spiro atoms. The van der Waals surface area contributed by atoms with Gasteiger partial charge in [-0.25, -0.2) is 4.98 Å². The molecule has 1 heterocycles. The predicted molar refractivity (Wildman–Crippen MR) is 132 cm³/mol. The Balaban J connectivity index is 1.82. The van der Waals surface area contributed by atoms with Gasteiger partial charge < -0.3 is 14.6 Å². The lowest BCUT2D eigenvalue weighted by Gasteiger charge is -2.19. The molecule has 3 aromatic carbocycles. The van der Waals surface area contributed by atoms with Crippen molar-refractivity contribution in [2.45, 2.75) is 32.9 Å². The van der Waals surface area contributed by atoms with Crippen molar-refractivity contribution in [3.8, 4) is 28.4 Å². The fraction of sp³-hybridized carbons (Fsp3) is 0.214. The number of methoxy groups -OCH3 is 1. The number of imidazole rings is 1. The summed E-state index contributed by atoms with van der Waals surface area (Å²) in [5, 5.41) is 3.25. The Morgan fingerprint density at radius 3 is 2.12 bits per heavy atom. The molecule has 4 rings (SSSR count). The molecule has 0 saturated heterocycles. The summed E-state index contributed by atoms with van der Waals surface area (Å²) in [4.78, 5) is 18.7. The van der Waals surface area contributed by atoms with Gasteiger partial charge in [0.05, 0.1) is 13.2 Å². The first-order valence-electron chi connectivity index (χ1n) is 11.3. The van der Waals surface area contributed by atoms with Crippen LogP contribution in [0.5, 0.6) is 5.75 Å². The van der Waals surface area contributed by atoms with Crippen LogP contribution in [-0.2, 0) is 6.54 Å². The Morgan fingerprint density at radius 2 is 1.55 bits per heavy atom. The van der Waals surface area contributed by atoms with Crippen LogP contribution in [0.2, 0.25) is 0 Å². The van der Waals surface area contributed by atoms with Gasteiger partial charge in [0.25, 0.3) is 5.91 Å². The van der Waals surface area contributed by atoms with Gasteiger partial charge in [0, 0.05) is 17.7 Å². The van der Waals surface area contributed by atoms with Crippen molar-refractivity contribution in [2.75, 3.05) is 7.11 Å². The Bertz CT molecular complexity index is 1200. The molecule has 5 heteroatoms. The van der Waals surface area contributed by atoms with Crippen LogP contribution in [0.25, 0.3) is 22.6 Å². The Labute approximate surface area is 195 Å². The van der Waals surface area contributed by atoms with Gasteiger partial charge in [0.1, 0.15) is 23.0 Å². The van der Waals surface area contributed by atoms with E-state index in [1.54, 1.807) is 7.11 Å². The highest BCUT2D eigenvalue weighted by molar-refractivity contribution is 5.99. The van der Waals surface area contributed by atoms with Crippen molar-refractivity contribution in [3.05, 3.63) is 96.2 Å². The summed E-state index contributed by atoms with van der Waals surface area (Å²) >= 11 is 0. The van der Waals surface area contributed by atoms with Crippen LogP contribution in [0.1, 0.15) is 42.4 Å². The molecule has 1 aromatic heterocycles. The largest absolute Gasteiger partial charge is 0.497 e. The third-order valence-corrected chi connectivity index (χ3v) is 5.81. The van der Waals surface area contributed by atoms with Crippen LogP contribution in [0.15, 0.2) is 84.9 Å². The minimum absolute atomic E-state index is 0.0807. The van der Waals surface area contributed by atoms with Crippen molar-refractivity contribution in [1.29, 1.82) is 0 Å². The zero-order valence-electron chi connectivity index (χ0n) is 19.3. The Morgan fingerprint density at radius 1 is 0.909 bits per heavy atom. The second kappa shape index (κ2) is 10.2. The number of rotatable bonds is 8. The van der Waals surface area contributed by atoms with E-state index in [0.717, 1.165) is 34.7 Å². The average Bonchev–Trinajstić information content (AvgIpc) is 3.28. The van der Waals surface area contributed by atoms with Gasteiger partial charge in [0.15, 0.2) is 0 Å². The van der Waals surface area contributed by atoms with Crippen molar-refractivity contribution >= 4 is 5.91 Å². The number of carbonyl (C=O) groups excluding carboxylic acids is 1. The number of amides is 1. The maximum Gasteiger partial charge on any atom is 0.270 e. The molecular weight excluding hydrogens is 410 g/mol. The van der Waals surface area contributed by atoms with Crippen molar-refractivity contribution in [1.82, 2.24) is 14.9 Å². The molecule has 0 unspecified atom stereocenters. The van der Waals surface area contributed by atoms with E-state index in [9.17, 15) is 4.79 Å². The van der Waals surface area contributed by atoms with Gasteiger partial charge in [-0.15, -0.1) is 0 Å². The molecule has 0 fully saturated rings. The summed E-state index contributed by atoms with van der Waals surface area (Å²) in [5.41, 5.74) is 4.17. The average molecular weight is 440 g/mol.